The van der Waals surface area contributed by atoms with E-state index in [2.05, 4.69) is 10.3 Å². The lowest BCUT2D eigenvalue weighted by Gasteiger charge is -2.08. The van der Waals surface area contributed by atoms with Gasteiger partial charge in [0.15, 0.2) is 5.82 Å². The molecule has 4 nitrogen and oxygen atoms in total. The van der Waals surface area contributed by atoms with Gasteiger partial charge in [0.25, 0.3) is 0 Å². The predicted octanol–water partition coefficient (Wildman–Crippen LogP) is 4.19. The zero-order valence-corrected chi connectivity index (χ0v) is 15.0. The molecule has 0 saturated carbocycles. The first-order valence-electron chi connectivity index (χ1n) is 8.05. The second-order valence-corrected chi connectivity index (χ2v) is 6.16. The van der Waals surface area contributed by atoms with Gasteiger partial charge >= 0.3 is 0 Å². The molecule has 1 aromatic heterocycles. The summed E-state index contributed by atoms with van der Waals surface area (Å²) in [6.07, 6.45) is 0. The highest BCUT2D eigenvalue weighted by atomic mass is 32.1. The van der Waals surface area contributed by atoms with Crippen molar-refractivity contribution in [1.82, 2.24) is 9.55 Å². The van der Waals surface area contributed by atoms with Crippen molar-refractivity contribution in [2.75, 3.05) is 5.32 Å². The number of hydrogen-bond acceptors (Lipinski definition) is 4. The third-order valence-electron chi connectivity index (χ3n) is 4.15. The first-order valence-corrected chi connectivity index (χ1v) is 8.46. The molecule has 0 fully saturated rings. The Balaban J connectivity index is 2.09. The lowest BCUT2D eigenvalue weighted by molar-refractivity contribution is 0.927. The molecule has 5 heteroatoms. The molecule has 0 aliphatic heterocycles. The van der Waals surface area contributed by atoms with Crippen molar-refractivity contribution in [3.05, 3.63) is 92.5 Å². The van der Waals surface area contributed by atoms with Crippen LogP contribution in [-0.4, -0.2) is 9.55 Å². The normalized spacial score (nSPS) is 10.5. The van der Waals surface area contributed by atoms with Gasteiger partial charge in [-0.15, -0.1) is 0 Å². The van der Waals surface area contributed by atoms with Crippen LogP contribution in [0.2, 0.25) is 0 Å². The van der Waals surface area contributed by atoms with Gasteiger partial charge in [-0.25, -0.2) is 0 Å². The average Bonchev–Trinajstić information content (AvgIpc) is 2.72. The monoisotopic (exact) mass is 349 g/mol. The summed E-state index contributed by atoms with van der Waals surface area (Å²) < 4.78 is 2.18. The highest BCUT2D eigenvalue weighted by molar-refractivity contribution is 7.71. The summed E-state index contributed by atoms with van der Waals surface area (Å²) >= 11 is 5.50. The number of anilines is 1. The number of hydrogen-bond donors (Lipinski definition) is 1. The minimum absolute atomic E-state index is 0.130. The first kappa shape index (κ1) is 17.0. The van der Waals surface area contributed by atoms with Crippen molar-refractivity contribution >= 4 is 18.0 Å². The highest BCUT2D eigenvalue weighted by Crippen LogP contribution is 2.13. The molecule has 1 heterocycles. The summed E-state index contributed by atoms with van der Waals surface area (Å²) in [4.78, 5) is 17.2. The number of nitrogens with zero attached hydrogens (tertiary/aromatic N) is 2. The third-order valence-corrected chi connectivity index (χ3v) is 4.42. The standard InChI is InChI=1S/C20H19N3OS/c1-14-15(2)23(17-11-7-4-8-12-17)20(25)22-19(18(14)24)21-13-16-9-5-3-6-10-16/h3-12H,13H2,1-2H3,(H,21,22,25). The van der Waals surface area contributed by atoms with E-state index < -0.39 is 0 Å². The molecule has 1 N–H and O–H groups in total. The van der Waals surface area contributed by atoms with Gasteiger partial charge in [0.1, 0.15) is 0 Å². The maximum absolute atomic E-state index is 12.8. The Hall–Kier alpha value is -2.79. The van der Waals surface area contributed by atoms with Crippen LogP contribution in [0.25, 0.3) is 5.69 Å². The van der Waals surface area contributed by atoms with Crippen molar-refractivity contribution < 1.29 is 0 Å². The van der Waals surface area contributed by atoms with Crippen LogP contribution in [0.1, 0.15) is 16.8 Å². The molecular formula is C20H19N3OS. The van der Waals surface area contributed by atoms with E-state index in [-0.39, 0.29) is 11.2 Å². The van der Waals surface area contributed by atoms with Gasteiger partial charge in [-0.3, -0.25) is 9.36 Å². The van der Waals surface area contributed by atoms with Crippen LogP contribution in [0.5, 0.6) is 0 Å². The summed E-state index contributed by atoms with van der Waals surface area (Å²) in [6.45, 7) is 4.22. The maximum Gasteiger partial charge on any atom is 0.225 e. The Morgan fingerprint density at radius 3 is 2.24 bits per heavy atom. The maximum atomic E-state index is 12.8. The van der Waals surface area contributed by atoms with Gasteiger partial charge in [-0.05, 0) is 43.8 Å². The van der Waals surface area contributed by atoms with Crippen LogP contribution in [-0.2, 0) is 6.54 Å². The fraction of sp³-hybridized carbons (Fsp3) is 0.150. The van der Waals surface area contributed by atoms with Crippen LogP contribution in [0.4, 0.5) is 5.82 Å². The van der Waals surface area contributed by atoms with Gasteiger partial charge in [-0.2, -0.15) is 4.98 Å². The van der Waals surface area contributed by atoms with Crippen molar-refractivity contribution in [2.45, 2.75) is 20.4 Å². The van der Waals surface area contributed by atoms with E-state index in [1.54, 1.807) is 6.92 Å². The Labute approximate surface area is 151 Å². The van der Waals surface area contributed by atoms with Crippen LogP contribution < -0.4 is 10.7 Å². The van der Waals surface area contributed by atoms with Gasteiger partial charge in [0, 0.05) is 23.5 Å². The SMILES string of the molecule is Cc1c(C)n(-c2ccccc2)c(=S)nc(NCc2ccccc2)c1=O. The molecule has 0 aliphatic rings. The number of benzene rings is 2. The highest BCUT2D eigenvalue weighted by Gasteiger charge is 2.10. The summed E-state index contributed by atoms with van der Waals surface area (Å²) in [5, 5.41) is 3.13. The zero-order valence-electron chi connectivity index (χ0n) is 14.2. The van der Waals surface area contributed by atoms with E-state index in [0.717, 1.165) is 16.9 Å². The minimum atomic E-state index is -0.130. The van der Waals surface area contributed by atoms with Gasteiger partial charge in [0.05, 0.1) is 0 Å². The molecule has 0 aliphatic carbocycles. The Morgan fingerprint density at radius 2 is 1.60 bits per heavy atom. The van der Waals surface area contributed by atoms with Gasteiger partial charge in [0.2, 0.25) is 10.2 Å². The summed E-state index contributed by atoms with van der Waals surface area (Å²) in [5.74, 6) is 0.282. The van der Waals surface area contributed by atoms with E-state index in [0.29, 0.717) is 16.9 Å². The second kappa shape index (κ2) is 7.40. The molecule has 0 bridgehead atoms. The van der Waals surface area contributed by atoms with E-state index in [1.807, 2.05) is 72.2 Å². The molecule has 0 spiro atoms. The summed E-state index contributed by atoms with van der Waals surface area (Å²) in [7, 11) is 0. The smallest absolute Gasteiger partial charge is 0.225 e. The number of rotatable bonds is 4. The predicted molar refractivity (Wildman–Crippen MR) is 104 cm³/mol. The third kappa shape index (κ3) is 3.67. The van der Waals surface area contributed by atoms with Gasteiger partial charge < -0.3 is 5.32 Å². The van der Waals surface area contributed by atoms with Crippen molar-refractivity contribution in [1.29, 1.82) is 0 Å². The first-order chi connectivity index (χ1) is 12.1. The molecule has 0 amide bonds. The van der Waals surface area contributed by atoms with E-state index in [4.69, 9.17) is 12.2 Å². The van der Waals surface area contributed by atoms with Crippen LogP contribution in [0, 0.1) is 18.6 Å². The number of aromatic nitrogens is 2. The molecule has 2 aromatic carbocycles. The lowest BCUT2D eigenvalue weighted by Crippen LogP contribution is -2.13. The van der Waals surface area contributed by atoms with Crippen molar-refractivity contribution in [2.24, 2.45) is 0 Å². The zero-order chi connectivity index (χ0) is 17.8. The minimum Gasteiger partial charge on any atom is -0.363 e. The Bertz CT molecular complexity index is 999. The molecule has 3 aromatic rings. The topological polar surface area (TPSA) is 46.9 Å². The lowest BCUT2D eigenvalue weighted by atomic mass is 10.2. The quantitative estimate of drug-likeness (QED) is 0.718. The molecule has 126 valence electrons. The van der Waals surface area contributed by atoms with E-state index in [1.165, 1.54) is 0 Å². The van der Waals surface area contributed by atoms with Crippen molar-refractivity contribution in [3.63, 3.8) is 0 Å². The van der Waals surface area contributed by atoms with E-state index in [9.17, 15) is 4.79 Å². The van der Waals surface area contributed by atoms with E-state index >= 15 is 0 Å². The summed E-state index contributed by atoms with van der Waals surface area (Å²) in [5.41, 5.74) is 3.26. The van der Waals surface area contributed by atoms with Gasteiger partial charge in [-0.1, -0.05) is 48.5 Å². The molecule has 3 rings (SSSR count). The molecule has 0 radical (unpaired) electrons. The molecule has 0 unspecified atom stereocenters. The van der Waals surface area contributed by atoms with Crippen LogP contribution in [0.15, 0.2) is 65.5 Å². The largest absolute Gasteiger partial charge is 0.363 e. The average molecular weight is 349 g/mol. The second-order valence-electron chi connectivity index (χ2n) is 5.79. The Morgan fingerprint density at radius 1 is 1.00 bits per heavy atom. The summed E-state index contributed by atoms with van der Waals surface area (Å²) in [6, 6.07) is 19.6. The molecular weight excluding hydrogens is 330 g/mol. The number of para-hydroxylation sites is 1. The van der Waals surface area contributed by atoms with Crippen LogP contribution >= 0.6 is 12.2 Å². The fourth-order valence-corrected chi connectivity index (χ4v) is 2.97. The fourth-order valence-electron chi connectivity index (χ4n) is 2.63. The van der Waals surface area contributed by atoms with Crippen molar-refractivity contribution in [3.8, 4) is 5.69 Å². The Kier molecular flexibility index (Phi) is 5.05. The molecule has 25 heavy (non-hydrogen) atoms. The molecule has 0 atom stereocenters. The number of nitrogens with one attached hydrogen (secondary N) is 1. The molecule has 0 saturated heterocycles. The van der Waals surface area contributed by atoms with Crippen LogP contribution in [0.3, 0.4) is 0 Å².